The van der Waals surface area contributed by atoms with E-state index in [4.69, 9.17) is 32.5 Å². The van der Waals surface area contributed by atoms with Gasteiger partial charge in [0.15, 0.2) is 11.6 Å². The Hall–Kier alpha value is -7.93. The predicted octanol–water partition coefficient (Wildman–Crippen LogP) is 13.6. The van der Waals surface area contributed by atoms with Crippen molar-refractivity contribution in [3.63, 3.8) is 0 Å². The smallest absolute Gasteiger partial charge is 0.238 e. The molecule has 0 saturated carbocycles. The third-order valence-electron chi connectivity index (χ3n) is 12.2. The number of fused-ring (bicyclic) bond motifs is 10. The second-order valence-electron chi connectivity index (χ2n) is 16.3. The summed E-state index contributed by atoms with van der Waals surface area (Å²) in [6.45, 7) is 11.8. The number of hydrogen-bond donors (Lipinski definition) is 0. The third kappa shape index (κ3) is 6.34. The van der Waals surface area contributed by atoms with Gasteiger partial charge in [-0.25, -0.2) is 4.98 Å². The quantitative estimate of drug-likeness (QED) is 0.177. The Labute approximate surface area is 367 Å². The second-order valence-corrected chi connectivity index (χ2v) is 17.4. The van der Waals surface area contributed by atoms with Crippen molar-refractivity contribution in [1.29, 1.82) is 0 Å². The minimum atomic E-state index is 0.0548. The normalized spacial score (nSPS) is 16.6. The number of aromatic nitrogens is 3. The first-order valence-corrected chi connectivity index (χ1v) is 21.9. The monoisotopic (exact) mass is 826 g/mol. The van der Waals surface area contributed by atoms with Crippen LogP contribution in [0.1, 0.15) is 12.5 Å². The number of furan rings is 1. The lowest BCUT2D eigenvalue weighted by atomic mass is 9.95. The van der Waals surface area contributed by atoms with Crippen molar-refractivity contribution in [2.75, 3.05) is 4.90 Å². The first-order valence-electron chi connectivity index (χ1n) is 21.1. The molecule has 0 bridgehead atoms. The summed E-state index contributed by atoms with van der Waals surface area (Å²) in [7, 11) is 0. The van der Waals surface area contributed by atoms with Gasteiger partial charge in [0.05, 0.1) is 0 Å². The Morgan fingerprint density at radius 3 is 2.03 bits per heavy atom. The summed E-state index contributed by atoms with van der Waals surface area (Å²) in [5, 5.41) is 11.5. The van der Waals surface area contributed by atoms with E-state index in [-0.39, 0.29) is 5.92 Å². The molecule has 63 heavy (non-hydrogen) atoms. The minimum absolute atomic E-state index is 0.0548. The maximum Gasteiger partial charge on any atom is 0.238 e. The molecule has 8 aromatic carbocycles. The highest BCUT2D eigenvalue weighted by Crippen LogP contribution is 2.42. The molecule has 0 saturated heterocycles. The van der Waals surface area contributed by atoms with Crippen molar-refractivity contribution in [1.82, 2.24) is 15.0 Å². The second kappa shape index (κ2) is 14.6. The molecule has 1 aliphatic rings. The van der Waals surface area contributed by atoms with Crippen LogP contribution in [0.2, 0.25) is 0 Å². The summed E-state index contributed by atoms with van der Waals surface area (Å²) in [6, 6.07) is 57.3. The summed E-state index contributed by atoms with van der Waals surface area (Å²) in [5.74, 6) is 1.51. The molecule has 3 aromatic heterocycles. The van der Waals surface area contributed by atoms with Crippen LogP contribution in [-0.4, -0.2) is 15.0 Å². The predicted molar refractivity (Wildman–Crippen MR) is 265 cm³/mol. The van der Waals surface area contributed by atoms with Crippen LogP contribution in [0.15, 0.2) is 199 Å². The highest BCUT2D eigenvalue weighted by molar-refractivity contribution is 7.26. The molecule has 11 aromatic rings. The van der Waals surface area contributed by atoms with Gasteiger partial charge in [0.1, 0.15) is 11.2 Å². The molecule has 1 aliphatic heterocycles. The number of anilines is 1. The molecule has 0 fully saturated rings. The van der Waals surface area contributed by atoms with E-state index < -0.39 is 0 Å². The molecule has 0 amide bonds. The molecule has 6 heteroatoms. The van der Waals surface area contributed by atoms with Gasteiger partial charge in [0.25, 0.3) is 0 Å². The zero-order valence-electron chi connectivity index (χ0n) is 34.4. The molecular formula is C57H38N4OS. The van der Waals surface area contributed by atoms with Crippen LogP contribution in [0.5, 0.6) is 0 Å². The average molecular weight is 827 g/mol. The van der Waals surface area contributed by atoms with Gasteiger partial charge in [-0.15, -0.1) is 11.3 Å². The van der Waals surface area contributed by atoms with Gasteiger partial charge in [-0.2, -0.15) is 9.97 Å². The summed E-state index contributed by atoms with van der Waals surface area (Å²) >= 11 is 1.82. The number of nitrogens with zero attached hydrogens (tertiary/aromatic N) is 4. The van der Waals surface area contributed by atoms with E-state index >= 15 is 0 Å². The van der Waals surface area contributed by atoms with Crippen LogP contribution in [0.25, 0.3) is 104 Å². The number of rotatable bonds is 4. The van der Waals surface area contributed by atoms with E-state index in [1.165, 1.54) is 30.9 Å². The van der Waals surface area contributed by atoms with Crippen LogP contribution in [0.3, 0.4) is 0 Å². The Morgan fingerprint density at radius 2 is 1.17 bits per heavy atom. The third-order valence-corrected chi connectivity index (χ3v) is 13.3. The fraction of sp³-hybridized carbons (Fsp3) is 0.0351. The number of para-hydroxylation sites is 1. The standard InChI is InChI=1S/C57H38N4OS/c1-34-28-39-14-6-7-15-40(39)30-35(2)61(36(3)49(29-34)42-22-26-48-53(33-42)63-52-27-24-38-13-8-9-17-45(38)54(48)52)57-59-55(43-21-20-37-12-4-5-16-41(37)31-43)58-56(60-57)44-23-25-47-46-18-10-11-19-50(46)62-51(47)32-44/h4-34H,2-3H2,1H3/b39-28-,40-30-,49-29+. The molecule has 1 unspecified atom stereocenters. The van der Waals surface area contributed by atoms with E-state index in [0.717, 1.165) is 65.4 Å². The molecule has 298 valence electrons. The van der Waals surface area contributed by atoms with Gasteiger partial charge in [-0.05, 0) is 85.9 Å². The van der Waals surface area contributed by atoms with Gasteiger partial charge < -0.3 is 4.42 Å². The summed E-state index contributed by atoms with van der Waals surface area (Å²) in [6.07, 6.45) is 6.71. The largest absolute Gasteiger partial charge is 0.456 e. The minimum Gasteiger partial charge on any atom is -0.456 e. The topological polar surface area (TPSA) is 55.1 Å². The van der Waals surface area contributed by atoms with Crippen LogP contribution in [0.4, 0.5) is 5.95 Å². The molecule has 0 N–H and O–H groups in total. The summed E-state index contributed by atoms with van der Waals surface area (Å²) < 4.78 is 8.85. The van der Waals surface area contributed by atoms with Gasteiger partial charge >= 0.3 is 0 Å². The van der Waals surface area contributed by atoms with E-state index in [2.05, 4.69) is 165 Å². The van der Waals surface area contributed by atoms with Crippen LogP contribution in [-0.2, 0) is 0 Å². The molecular weight excluding hydrogens is 789 g/mol. The van der Waals surface area contributed by atoms with Crippen molar-refractivity contribution >= 4 is 98.7 Å². The molecule has 12 rings (SSSR count). The zero-order valence-corrected chi connectivity index (χ0v) is 35.2. The fourth-order valence-electron chi connectivity index (χ4n) is 9.16. The highest BCUT2D eigenvalue weighted by Gasteiger charge is 2.25. The highest BCUT2D eigenvalue weighted by atomic mass is 32.1. The number of hydrogen-bond acceptors (Lipinski definition) is 6. The van der Waals surface area contributed by atoms with Crippen LogP contribution in [0, 0.1) is 5.92 Å². The van der Waals surface area contributed by atoms with E-state index in [9.17, 15) is 0 Å². The molecule has 0 spiro atoms. The van der Waals surface area contributed by atoms with E-state index in [0.29, 0.717) is 29.0 Å². The van der Waals surface area contributed by atoms with Crippen molar-refractivity contribution in [2.45, 2.75) is 6.92 Å². The van der Waals surface area contributed by atoms with Gasteiger partial charge in [0.2, 0.25) is 5.95 Å². The van der Waals surface area contributed by atoms with Crippen LogP contribution < -0.4 is 15.3 Å². The van der Waals surface area contributed by atoms with Crippen molar-refractivity contribution in [3.8, 4) is 22.8 Å². The molecule has 4 heterocycles. The fourth-order valence-corrected chi connectivity index (χ4v) is 10.3. The Kier molecular flexibility index (Phi) is 8.56. The van der Waals surface area contributed by atoms with Gasteiger partial charge in [-0.1, -0.05) is 160 Å². The maximum absolute atomic E-state index is 6.37. The van der Waals surface area contributed by atoms with E-state index in [1.807, 2.05) is 40.5 Å². The SMILES string of the molecule is C=C1/C=c2/cccc/c2=C/C(C)/C=C(/c2ccc3c(c2)sc2ccc4ccccc4c23)C(=C)N1c1nc(-c2ccc3ccccc3c2)nc(-c2ccc3c(c2)oc2ccccc23)n1. The summed E-state index contributed by atoms with van der Waals surface area (Å²) in [4.78, 5) is 17.8. The number of benzene rings is 8. The first-order chi connectivity index (χ1) is 30.9. The Morgan fingerprint density at radius 1 is 0.524 bits per heavy atom. The van der Waals surface area contributed by atoms with Gasteiger partial charge in [0, 0.05) is 59.0 Å². The number of thiophene rings is 1. The first kappa shape index (κ1) is 36.9. The van der Waals surface area contributed by atoms with Crippen molar-refractivity contribution < 1.29 is 4.42 Å². The zero-order chi connectivity index (χ0) is 42.2. The lowest BCUT2D eigenvalue weighted by Gasteiger charge is -2.28. The molecule has 0 radical (unpaired) electrons. The molecule has 5 nitrogen and oxygen atoms in total. The Bertz CT molecular complexity index is 3890. The lowest BCUT2D eigenvalue weighted by Crippen LogP contribution is -2.30. The number of allylic oxidation sites excluding steroid dienone is 3. The Balaban J connectivity index is 1.08. The maximum atomic E-state index is 6.37. The van der Waals surface area contributed by atoms with E-state index in [1.54, 1.807) is 0 Å². The van der Waals surface area contributed by atoms with Crippen molar-refractivity contribution in [3.05, 3.63) is 210 Å². The van der Waals surface area contributed by atoms with Gasteiger partial charge in [-0.3, -0.25) is 4.90 Å². The van der Waals surface area contributed by atoms with Crippen molar-refractivity contribution in [2.24, 2.45) is 5.92 Å². The lowest BCUT2D eigenvalue weighted by molar-refractivity contribution is 0.669. The molecule has 1 atom stereocenters. The van der Waals surface area contributed by atoms with Crippen LogP contribution >= 0.6 is 11.3 Å². The summed E-state index contributed by atoms with van der Waals surface area (Å²) in [5.41, 5.74) is 6.67. The molecule has 0 aliphatic carbocycles. The average Bonchev–Trinajstić information content (AvgIpc) is 3.89.